The fourth-order valence-corrected chi connectivity index (χ4v) is 2.45. The van der Waals surface area contributed by atoms with Gasteiger partial charge >= 0.3 is 0 Å². The van der Waals surface area contributed by atoms with E-state index in [-0.39, 0.29) is 11.9 Å². The van der Waals surface area contributed by atoms with Crippen molar-refractivity contribution in [2.24, 2.45) is 0 Å². The maximum atomic E-state index is 14.4. The van der Waals surface area contributed by atoms with Crippen LogP contribution in [0.4, 0.5) is 4.39 Å². The summed E-state index contributed by atoms with van der Waals surface area (Å²) < 4.78 is 25.1. The van der Waals surface area contributed by atoms with Gasteiger partial charge in [0.2, 0.25) is 0 Å². The maximum absolute atomic E-state index is 14.4. The topological polar surface area (TPSA) is 30.5 Å². The minimum absolute atomic E-state index is 0.300. The normalized spacial score (nSPS) is 12.0. The lowest BCUT2D eigenvalue weighted by Gasteiger charge is -2.23. The van der Waals surface area contributed by atoms with E-state index in [1.807, 2.05) is 31.2 Å². The Kier molecular flexibility index (Phi) is 5.17. The largest absolute Gasteiger partial charge is 0.496 e. The molecule has 0 saturated heterocycles. The standard InChI is InChI=1S/C17H20FNO2/c1-4-19-17(12-8-5-6-10-14(12)20-2)16-13(18)9-7-11-15(16)21-3/h5-11,17,19H,4H2,1-3H3. The molecule has 1 unspecified atom stereocenters. The molecule has 112 valence electrons. The summed E-state index contributed by atoms with van der Waals surface area (Å²) in [7, 11) is 3.16. The zero-order valence-electron chi connectivity index (χ0n) is 12.5. The number of benzene rings is 2. The monoisotopic (exact) mass is 289 g/mol. The van der Waals surface area contributed by atoms with Gasteiger partial charge in [-0.1, -0.05) is 31.2 Å². The molecule has 2 aromatic carbocycles. The van der Waals surface area contributed by atoms with Gasteiger partial charge in [-0.05, 0) is 24.7 Å². The number of methoxy groups -OCH3 is 2. The van der Waals surface area contributed by atoms with E-state index in [9.17, 15) is 4.39 Å². The molecular weight excluding hydrogens is 269 g/mol. The minimum atomic E-state index is -0.331. The Balaban J connectivity index is 2.59. The van der Waals surface area contributed by atoms with Crippen molar-refractivity contribution in [3.63, 3.8) is 0 Å². The molecule has 0 spiro atoms. The number of hydrogen-bond acceptors (Lipinski definition) is 3. The molecule has 3 nitrogen and oxygen atoms in total. The third-order valence-corrected chi connectivity index (χ3v) is 3.38. The van der Waals surface area contributed by atoms with Gasteiger partial charge < -0.3 is 14.8 Å². The molecule has 0 aliphatic carbocycles. The van der Waals surface area contributed by atoms with Crippen LogP contribution < -0.4 is 14.8 Å². The van der Waals surface area contributed by atoms with Crippen molar-refractivity contribution in [3.8, 4) is 11.5 Å². The van der Waals surface area contributed by atoms with E-state index in [1.165, 1.54) is 6.07 Å². The smallest absolute Gasteiger partial charge is 0.132 e. The van der Waals surface area contributed by atoms with Gasteiger partial charge in [0, 0.05) is 5.56 Å². The highest BCUT2D eigenvalue weighted by molar-refractivity contribution is 5.47. The lowest BCUT2D eigenvalue weighted by molar-refractivity contribution is 0.388. The molecule has 0 fully saturated rings. The average Bonchev–Trinajstić information content (AvgIpc) is 2.53. The summed E-state index contributed by atoms with van der Waals surface area (Å²) in [5.41, 5.74) is 1.37. The lowest BCUT2D eigenvalue weighted by Crippen LogP contribution is -2.24. The molecule has 0 amide bonds. The summed E-state index contributed by atoms with van der Waals surface area (Å²) >= 11 is 0. The lowest BCUT2D eigenvalue weighted by atomic mass is 9.96. The predicted molar refractivity (Wildman–Crippen MR) is 81.5 cm³/mol. The predicted octanol–water partition coefficient (Wildman–Crippen LogP) is 3.54. The van der Waals surface area contributed by atoms with E-state index in [2.05, 4.69) is 5.32 Å². The molecule has 21 heavy (non-hydrogen) atoms. The Hall–Kier alpha value is -2.07. The summed E-state index contributed by atoms with van der Waals surface area (Å²) in [4.78, 5) is 0. The van der Waals surface area contributed by atoms with Gasteiger partial charge in [0.15, 0.2) is 0 Å². The first-order valence-corrected chi connectivity index (χ1v) is 6.91. The van der Waals surface area contributed by atoms with Crippen LogP contribution in [0.25, 0.3) is 0 Å². The molecule has 0 heterocycles. The Morgan fingerprint density at radius 3 is 2.33 bits per heavy atom. The van der Waals surface area contributed by atoms with Crippen LogP contribution in [0.15, 0.2) is 42.5 Å². The van der Waals surface area contributed by atoms with Crippen molar-refractivity contribution >= 4 is 0 Å². The highest BCUT2D eigenvalue weighted by atomic mass is 19.1. The van der Waals surface area contributed by atoms with Gasteiger partial charge in [0.05, 0.1) is 25.8 Å². The van der Waals surface area contributed by atoms with Gasteiger partial charge in [0.1, 0.15) is 17.3 Å². The molecule has 1 N–H and O–H groups in total. The fourth-order valence-electron chi connectivity index (χ4n) is 2.45. The first-order valence-electron chi connectivity index (χ1n) is 6.91. The van der Waals surface area contributed by atoms with E-state index in [1.54, 1.807) is 26.4 Å². The van der Waals surface area contributed by atoms with Crippen molar-refractivity contribution < 1.29 is 13.9 Å². The van der Waals surface area contributed by atoms with E-state index in [0.717, 1.165) is 5.56 Å². The van der Waals surface area contributed by atoms with Crippen molar-refractivity contribution in [1.29, 1.82) is 0 Å². The van der Waals surface area contributed by atoms with E-state index in [0.29, 0.717) is 23.6 Å². The molecule has 4 heteroatoms. The second-order valence-electron chi connectivity index (χ2n) is 4.59. The number of nitrogens with one attached hydrogen (secondary N) is 1. The highest BCUT2D eigenvalue weighted by Crippen LogP contribution is 2.36. The van der Waals surface area contributed by atoms with Gasteiger partial charge in [-0.25, -0.2) is 4.39 Å². The Bertz CT molecular complexity index is 601. The summed E-state index contributed by atoms with van der Waals surface area (Å²) in [5.74, 6) is 0.937. The SMILES string of the molecule is CCNC(c1ccccc1OC)c1c(F)cccc1OC. The molecule has 0 saturated carbocycles. The molecule has 0 aliphatic heterocycles. The summed E-state index contributed by atoms with van der Waals surface area (Å²) in [5, 5.41) is 3.31. The van der Waals surface area contributed by atoms with Crippen LogP contribution in [0.3, 0.4) is 0 Å². The van der Waals surface area contributed by atoms with Crippen molar-refractivity contribution in [2.45, 2.75) is 13.0 Å². The number of hydrogen-bond donors (Lipinski definition) is 1. The summed E-state index contributed by atoms with van der Waals surface area (Å²) in [6.45, 7) is 2.68. The van der Waals surface area contributed by atoms with Crippen molar-refractivity contribution in [2.75, 3.05) is 20.8 Å². The van der Waals surface area contributed by atoms with Crippen molar-refractivity contribution in [3.05, 3.63) is 59.4 Å². The van der Waals surface area contributed by atoms with Crippen molar-refractivity contribution in [1.82, 2.24) is 5.32 Å². The van der Waals surface area contributed by atoms with E-state index < -0.39 is 0 Å². The number of ether oxygens (including phenoxy) is 2. The number of rotatable bonds is 6. The highest BCUT2D eigenvalue weighted by Gasteiger charge is 2.23. The quantitative estimate of drug-likeness (QED) is 0.882. The molecule has 0 radical (unpaired) electrons. The fraction of sp³-hybridized carbons (Fsp3) is 0.294. The van der Waals surface area contributed by atoms with Crippen LogP contribution in [0.1, 0.15) is 24.1 Å². The van der Waals surface area contributed by atoms with Gasteiger partial charge in [-0.2, -0.15) is 0 Å². The van der Waals surface area contributed by atoms with Crippen LogP contribution in [0, 0.1) is 5.82 Å². The molecule has 1 atom stereocenters. The molecule has 0 aromatic heterocycles. The Morgan fingerprint density at radius 1 is 1.00 bits per heavy atom. The number of para-hydroxylation sites is 1. The second kappa shape index (κ2) is 7.09. The van der Waals surface area contributed by atoms with Crippen LogP contribution >= 0.6 is 0 Å². The van der Waals surface area contributed by atoms with Gasteiger partial charge in [-0.3, -0.25) is 0 Å². The minimum Gasteiger partial charge on any atom is -0.496 e. The van der Waals surface area contributed by atoms with Crippen LogP contribution in [-0.2, 0) is 0 Å². The molecule has 2 rings (SSSR count). The third kappa shape index (κ3) is 3.16. The molecular formula is C17H20FNO2. The van der Waals surface area contributed by atoms with Crippen LogP contribution in [-0.4, -0.2) is 20.8 Å². The maximum Gasteiger partial charge on any atom is 0.132 e. The summed E-state index contributed by atoms with van der Waals surface area (Å²) in [6, 6.07) is 12.1. The first-order chi connectivity index (χ1) is 10.2. The third-order valence-electron chi connectivity index (χ3n) is 3.38. The Morgan fingerprint density at radius 2 is 1.67 bits per heavy atom. The Labute approximate surface area is 124 Å². The molecule has 2 aromatic rings. The van der Waals surface area contributed by atoms with Gasteiger partial charge in [0.25, 0.3) is 0 Å². The zero-order chi connectivity index (χ0) is 15.2. The molecule has 0 bridgehead atoms. The second-order valence-corrected chi connectivity index (χ2v) is 4.59. The van der Waals surface area contributed by atoms with Crippen LogP contribution in [0.2, 0.25) is 0 Å². The first kappa shape index (κ1) is 15.3. The average molecular weight is 289 g/mol. The number of halogens is 1. The zero-order valence-corrected chi connectivity index (χ0v) is 12.5. The van der Waals surface area contributed by atoms with Crippen LogP contribution in [0.5, 0.6) is 11.5 Å². The molecule has 0 aliphatic rings. The van der Waals surface area contributed by atoms with E-state index in [4.69, 9.17) is 9.47 Å². The summed E-state index contributed by atoms with van der Waals surface area (Å²) in [6.07, 6.45) is 0. The van der Waals surface area contributed by atoms with Gasteiger partial charge in [-0.15, -0.1) is 0 Å². The van der Waals surface area contributed by atoms with E-state index >= 15 is 0 Å².